The second-order valence-electron chi connectivity index (χ2n) is 4.01. The molecule has 0 aromatic heterocycles. The Bertz CT molecular complexity index is 302. The zero-order valence-corrected chi connectivity index (χ0v) is 10.6. The third-order valence-electron chi connectivity index (χ3n) is 2.79. The van der Waals surface area contributed by atoms with Gasteiger partial charge in [-0.15, -0.1) is 0 Å². The molecule has 17 heavy (non-hydrogen) atoms. The summed E-state index contributed by atoms with van der Waals surface area (Å²) in [7, 11) is 0. The van der Waals surface area contributed by atoms with Gasteiger partial charge in [0.25, 0.3) is 0 Å². The summed E-state index contributed by atoms with van der Waals surface area (Å²) in [6.45, 7) is 8.13. The first-order valence-corrected chi connectivity index (χ1v) is 6.11. The number of carbonyl (C=O) groups is 2. The summed E-state index contributed by atoms with van der Waals surface area (Å²) in [5, 5.41) is 2.67. The Morgan fingerprint density at radius 1 is 1.41 bits per heavy atom. The lowest BCUT2D eigenvalue weighted by Gasteiger charge is -2.32. The van der Waals surface area contributed by atoms with Gasteiger partial charge in [0.05, 0.1) is 6.54 Å². The molecular formula is C12H21N3O2. The van der Waals surface area contributed by atoms with Gasteiger partial charge in [0.15, 0.2) is 0 Å². The van der Waals surface area contributed by atoms with Crippen LogP contribution < -0.4 is 5.32 Å². The molecule has 1 fully saturated rings. The van der Waals surface area contributed by atoms with E-state index in [9.17, 15) is 9.59 Å². The smallest absolute Gasteiger partial charge is 0.243 e. The van der Waals surface area contributed by atoms with Crippen molar-refractivity contribution in [3.8, 4) is 0 Å². The number of likely N-dealkylation sites (N-methyl/N-ethyl adjacent to an activating group) is 2. The van der Waals surface area contributed by atoms with Crippen LogP contribution in [0.5, 0.6) is 0 Å². The van der Waals surface area contributed by atoms with Crippen LogP contribution in [0.15, 0.2) is 12.2 Å². The van der Waals surface area contributed by atoms with Gasteiger partial charge in [-0.2, -0.15) is 0 Å². The van der Waals surface area contributed by atoms with Crippen molar-refractivity contribution >= 4 is 11.8 Å². The maximum absolute atomic E-state index is 11.7. The molecule has 1 rings (SSSR count). The van der Waals surface area contributed by atoms with Gasteiger partial charge in [0.2, 0.25) is 11.8 Å². The van der Waals surface area contributed by atoms with Crippen molar-refractivity contribution in [1.29, 1.82) is 0 Å². The van der Waals surface area contributed by atoms with Crippen LogP contribution >= 0.6 is 0 Å². The Labute approximate surface area is 102 Å². The van der Waals surface area contributed by atoms with Gasteiger partial charge < -0.3 is 10.2 Å². The lowest BCUT2D eigenvalue weighted by Crippen LogP contribution is -2.50. The Morgan fingerprint density at radius 3 is 2.76 bits per heavy atom. The molecule has 0 aromatic carbocycles. The van der Waals surface area contributed by atoms with E-state index >= 15 is 0 Å². The van der Waals surface area contributed by atoms with Gasteiger partial charge >= 0.3 is 0 Å². The molecule has 1 saturated heterocycles. The highest BCUT2D eigenvalue weighted by molar-refractivity contribution is 5.87. The number of hydrogen-bond donors (Lipinski definition) is 1. The highest BCUT2D eigenvalue weighted by atomic mass is 16.2. The van der Waals surface area contributed by atoms with Gasteiger partial charge in [-0.3, -0.25) is 14.5 Å². The van der Waals surface area contributed by atoms with Crippen LogP contribution in [0.3, 0.4) is 0 Å². The zero-order chi connectivity index (χ0) is 12.7. The minimum atomic E-state index is -0.104. The first-order chi connectivity index (χ1) is 8.17. The van der Waals surface area contributed by atoms with Crippen LogP contribution in [0.4, 0.5) is 0 Å². The maximum atomic E-state index is 11.7. The number of carbonyl (C=O) groups excluding carboxylic acids is 2. The van der Waals surface area contributed by atoms with E-state index in [1.54, 1.807) is 11.0 Å². The molecule has 0 saturated carbocycles. The van der Waals surface area contributed by atoms with E-state index in [0.29, 0.717) is 19.6 Å². The van der Waals surface area contributed by atoms with Crippen LogP contribution in [0.1, 0.15) is 13.8 Å². The van der Waals surface area contributed by atoms with Gasteiger partial charge in [0.1, 0.15) is 0 Å². The summed E-state index contributed by atoms with van der Waals surface area (Å²) in [4.78, 5) is 26.8. The minimum Gasteiger partial charge on any atom is -0.353 e. The van der Waals surface area contributed by atoms with Gasteiger partial charge in [-0.25, -0.2) is 0 Å². The molecule has 96 valence electrons. The molecule has 0 aliphatic carbocycles. The summed E-state index contributed by atoms with van der Waals surface area (Å²) in [5.74, 6) is 0.0331. The number of hydrogen-bond acceptors (Lipinski definition) is 3. The molecule has 0 radical (unpaired) electrons. The van der Waals surface area contributed by atoms with Crippen molar-refractivity contribution in [1.82, 2.24) is 15.1 Å². The Hall–Kier alpha value is -1.36. The van der Waals surface area contributed by atoms with E-state index in [1.807, 2.05) is 6.92 Å². The van der Waals surface area contributed by atoms with Crippen LogP contribution in [-0.4, -0.2) is 60.9 Å². The number of piperazine rings is 1. The van der Waals surface area contributed by atoms with Crippen molar-refractivity contribution in [3.05, 3.63) is 12.2 Å². The van der Waals surface area contributed by atoms with Crippen molar-refractivity contribution in [2.24, 2.45) is 0 Å². The molecule has 2 amide bonds. The molecular weight excluding hydrogens is 218 g/mol. The lowest BCUT2D eigenvalue weighted by molar-refractivity contribution is -0.135. The third-order valence-corrected chi connectivity index (χ3v) is 2.79. The molecule has 0 unspecified atom stereocenters. The normalized spacial score (nSPS) is 17.8. The van der Waals surface area contributed by atoms with Crippen LogP contribution in [0.25, 0.3) is 0 Å². The van der Waals surface area contributed by atoms with Crippen molar-refractivity contribution in [2.75, 3.05) is 39.3 Å². The van der Waals surface area contributed by atoms with Gasteiger partial charge in [-0.05, 0) is 13.5 Å². The van der Waals surface area contributed by atoms with Crippen molar-refractivity contribution in [3.63, 3.8) is 0 Å². The molecule has 0 bridgehead atoms. The molecule has 1 N–H and O–H groups in total. The molecule has 1 aliphatic heterocycles. The number of amides is 2. The Kier molecular flexibility index (Phi) is 5.69. The lowest BCUT2D eigenvalue weighted by atomic mass is 10.3. The molecule has 0 aromatic rings. The summed E-state index contributed by atoms with van der Waals surface area (Å²) >= 11 is 0. The average Bonchev–Trinajstić information content (AvgIpc) is 2.31. The zero-order valence-electron chi connectivity index (χ0n) is 10.6. The first-order valence-electron chi connectivity index (χ1n) is 6.11. The number of nitrogens with one attached hydrogen (secondary N) is 1. The monoisotopic (exact) mass is 239 g/mol. The quantitative estimate of drug-likeness (QED) is 0.678. The first kappa shape index (κ1) is 13.7. The van der Waals surface area contributed by atoms with Gasteiger partial charge in [-0.1, -0.05) is 13.0 Å². The molecule has 1 aliphatic rings. The van der Waals surface area contributed by atoms with E-state index in [-0.39, 0.29) is 11.8 Å². The van der Waals surface area contributed by atoms with Crippen molar-refractivity contribution < 1.29 is 9.59 Å². The van der Waals surface area contributed by atoms with E-state index in [0.717, 1.165) is 19.6 Å². The fourth-order valence-corrected chi connectivity index (χ4v) is 1.74. The fourth-order valence-electron chi connectivity index (χ4n) is 1.74. The fraction of sp³-hybridized carbons (Fsp3) is 0.667. The Balaban J connectivity index is 2.33. The molecule has 0 spiro atoms. The topological polar surface area (TPSA) is 52.7 Å². The standard InChI is InChI=1S/C12H21N3O2/c1-3-13-11(16)6-5-7-15-9-8-14(4-2)10-12(15)17/h5-6H,3-4,7-10H2,1-2H3,(H,13,16)/b6-5+. The molecule has 5 nitrogen and oxygen atoms in total. The summed E-state index contributed by atoms with van der Waals surface area (Å²) < 4.78 is 0. The van der Waals surface area contributed by atoms with Crippen molar-refractivity contribution in [2.45, 2.75) is 13.8 Å². The largest absolute Gasteiger partial charge is 0.353 e. The average molecular weight is 239 g/mol. The van der Waals surface area contributed by atoms with E-state index in [1.165, 1.54) is 6.08 Å². The second-order valence-corrected chi connectivity index (χ2v) is 4.01. The van der Waals surface area contributed by atoms with Crippen LogP contribution in [0, 0.1) is 0 Å². The van der Waals surface area contributed by atoms with Crippen LogP contribution in [0.2, 0.25) is 0 Å². The predicted molar refractivity (Wildman–Crippen MR) is 66.5 cm³/mol. The van der Waals surface area contributed by atoms with E-state index in [4.69, 9.17) is 0 Å². The Morgan fingerprint density at radius 2 is 2.18 bits per heavy atom. The predicted octanol–water partition coefficient (Wildman–Crippen LogP) is -0.157. The summed E-state index contributed by atoms with van der Waals surface area (Å²) in [5.41, 5.74) is 0. The van der Waals surface area contributed by atoms with E-state index in [2.05, 4.69) is 17.1 Å². The number of nitrogens with zero attached hydrogens (tertiary/aromatic N) is 2. The number of rotatable bonds is 5. The second kappa shape index (κ2) is 7.06. The maximum Gasteiger partial charge on any atom is 0.243 e. The third kappa shape index (κ3) is 4.56. The molecule has 0 atom stereocenters. The highest BCUT2D eigenvalue weighted by Crippen LogP contribution is 2.02. The summed E-state index contributed by atoms with van der Waals surface area (Å²) in [6.07, 6.45) is 3.23. The van der Waals surface area contributed by atoms with Gasteiger partial charge in [0, 0.05) is 32.3 Å². The highest BCUT2D eigenvalue weighted by Gasteiger charge is 2.21. The molecule has 5 heteroatoms. The minimum absolute atomic E-state index is 0.104. The SMILES string of the molecule is CCNC(=O)/C=C/CN1CCN(CC)CC1=O. The summed E-state index contributed by atoms with van der Waals surface area (Å²) in [6, 6.07) is 0. The van der Waals surface area contributed by atoms with Crippen LogP contribution in [-0.2, 0) is 9.59 Å². The molecule has 1 heterocycles. The van der Waals surface area contributed by atoms with E-state index < -0.39 is 0 Å².